The third-order valence-electron chi connectivity index (χ3n) is 7.15. The van der Waals surface area contributed by atoms with Crippen LogP contribution >= 0.6 is 0 Å². The van der Waals surface area contributed by atoms with Crippen molar-refractivity contribution in [1.29, 1.82) is 0 Å². The topological polar surface area (TPSA) is 86.8 Å². The Labute approximate surface area is 230 Å². The molecule has 1 N–H and O–H groups in total. The number of carbonyl (C=O) groups is 2. The fourth-order valence-corrected chi connectivity index (χ4v) is 5.12. The summed E-state index contributed by atoms with van der Waals surface area (Å²) in [5, 5.41) is 2.77. The summed E-state index contributed by atoms with van der Waals surface area (Å²) < 4.78 is 31.8. The zero-order valence-electron chi connectivity index (χ0n) is 24.1. The van der Waals surface area contributed by atoms with Crippen molar-refractivity contribution in [3.8, 4) is 22.8 Å². The summed E-state index contributed by atoms with van der Waals surface area (Å²) in [4.78, 5) is 30.1. The highest BCUT2D eigenvalue weighted by atomic mass is 28.4. The van der Waals surface area contributed by atoms with Gasteiger partial charge < -0.3 is 19.2 Å². The third kappa shape index (κ3) is 6.91. The van der Waals surface area contributed by atoms with Crippen molar-refractivity contribution in [2.75, 3.05) is 19.5 Å². The molecule has 0 spiro atoms. The Hall–Kier alpha value is -3.56. The Morgan fingerprint density at radius 3 is 2.13 bits per heavy atom. The normalized spacial score (nSPS) is 12.6. The molecule has 0 saturated carbocycles. The highest BCUT2D eigenvalue weighted by molar-refractivity contribution is 6.74. The van der Waals surface area contributed by atoms with E-state index in [1.165, 1.54) is 20.3 Å². The van der Waals surface area contributed by atoms with Crippen LogP contribution in [0.2, 0.25) is 18.1 Å². The number of aromatic nitrogens is 1. The molecule has 1 amide bonds. The van der Waals surface area contributed by atoms with Crippen molar-refractivity contribution in [1.82, 2.24) is 4.98 Å². The largest absolute Gasteiger partial charge is 0.497 e. The lowest BCUT2D eigenvalue weighted by Crippen LogP contribution is -2.45. The van der Waals surface area contributed by atoms with Crippen LogP contribution in [0.15, 0.2) is 48.5 Å². The SMILES string of the molecule is COc1cc(OC)cc(C(=O)Nc2ccc(C)c(-c3ccc(C(=O)C(C)O[Si](C)(C)C(C)(C)C)c(F)n3)c2)c1. The standard InChI is InChI=1S/C30H37FN2O5Si/c1-18-10-11-21(32-29(35)20-14-22(36-6)17-23(15-20)37-7)16-25(18)26-13-12-24(28(31)33-26)27(34)19(2)38-39(8,9)30(3,4)5/h10-17,19H,1-9H3,(H,32,35). The molecule has 0 fully saturated rings. The molecule has 3 aromatic rings. The molecule has 9 heteroatoms. The molecule has 2 aromatic carbocycles. The van der Waals surface area contributed by atoms with Gasteiger partial charge in [-0.25, -0.2) is 4.98 Å². The Morgan fingerprint density at radius 1 is 0.974 bits per heavy atom. The van der Waals surface area contributed by atoms with Crippen LogP contribution in [0.3, 0.4) is 0 Å². The molecule has 1 heterocycles. The van der Waals surface area contributed by atoms with Gasteiger partial charge in [-0.2, -0.15) is 4.39 Å². The van der Waals surface area contributed by atoms with E-state index in [4.69, 9.17) is 13.9 Å². The van der Waals surface area contributed by atoms with Gasteiger partial charge in [-0.3, -0.25) is 9.59 Å². The van der Waals surface area contributed by atoms with E-state index in [-0.39, 0.29) is 16.5 Å². The number of halogens is 1. The second-order valence-electron chi connectivity index (χ2n) is 11.0. The average Bonchev–Trinajstić information content (AvgIpc) is 2.87. The summed E-state index contributed by atoms with van der Waals surface area (Å²) in [6.07, 6.45) is -0.788. The van der Waals surface area contributed by atoms with Gasteiger partial charge in [0.25, 0.3) is 5.91 Å². The van der Waals surface area contributed by atoms with Crippen molar-refractivity contribution in [3.05, 3.63) is 71.2 Å². The molecule has 0 radical (unpaired) electrons. The number of hydrogen-bond donors (Lipinski definition) is 1. The third-order valence-corrected chi connectivity index (χ3v) is 11.7. The van der Waals surface area contributed by atoms with E-state index < -0.39 is 26.2 Å². The minimum absolute atomic E-state index is 0.0845. The molecule has 1 atom stereocenters. The molecule has 1 unspecified atom stereocenters. The maximum Gasteiger partial charge on any atom is 0.255 e. The number of aryl methyl sites for hydroxylation is 1. The molecule has 1 aromatic heterocycles. The number of Topliss-reactive ketones (excluding diaryl/α,β-unsaturated/α-hetero) is 1. The lowest BCUT2D eigenvalue weighted by Gasteiger charge is -2.38. The Kier molecular flexibility index (Phi) is 8.97. The monoisotopic (exact) mass is 552 g/mol. The second-order valence-corrected chi connectivity index (χ2v) is 15.8. The van der Waals surface area contributed by atoms with E-state index >= 15 is 4.39 Å². The van der Waals surface area contributed by atoms with Crippen molar-refractivity contribution in [2.45, 2.75) is 58.9 Å². The number of benzene rings is 2. The molecule has 0 saturated heterocycles. The van der Waals surface area contributed by atoms with E-state index in [1.54, 1.807) is 43.3 Å². The Bertz CT molecular complexity index is 1360. The van der Waals surface area contributed by atoms with E-state index in [0.717, 1.165) is 5.56 Å². The highest BCUT2D eigenvalue weighted by Crippen LogP contribution is 2.37. The number of ketones is 1. The predicted molar refractivity (Wildman–Crippen MR) is 154 cm³/mol. The van der Waals surface area contributed by atoms with Crippen LogP contribution in [0.25, 0.3) is 11.3 Å². The van der Waals surface area contributed by atoms with E-state index in [0.29, 0.717) is 34.0 Å². The van der Waals surface area contributed by atoms with Crippen molar-refractivity contribution in [2.24, 2.45) is 0 Å². The number of ether oxygens (including phenoxy) is 2. The van der Waals surface area contributed by atoms with Gasteiger partial charge in [0, 0.05) is 22.9 Å². The second kappa shape index (κ2) is 11.7. The summed E-state index contributed by atoms with van der Waals surface area (Å²) >= 11 is 0. The summed E-state index contributed by atoms with van der Waals surface area (Å²) in [7, 11) is 0.800. The summed E-state index contributed by atoms with van der Waals surface area (Å²) in [5.74, 6) is -0.689. The first-order valence-corrected chi connectivity index (χ1v) is 15.6. The lowest BCUT2D eigenvalue weighted by molar-refractivity contribution is 0.0790. The van der Waals surface area contributed by atoms with E-state index in [2.05, 4.69) is 31.1 Å². The maximum absolute atomic E-state index is 15.2. The molecule has 0 aliphatic heterocycles. The number of hydrogen-bond acceptors (Lipinski definition) is 6. The summed E-state index contributed by atoms with van der Waals surface area (Å²) in [6.45, 7) is 13.9. The molecular formula is C30H37FN2O5Si. The first-order chi connectivity index (χ1) is 18.2. The molecule has 0 bridgehead atoms. The van der Waals surface area contributed by atoms with Gasteiger partial charge in [0.15, 0.2) is 14.1 Å². The van der Waals surface area contributed by atoms with Crippen LogP contribution < -0.4 is 14.8 Å². The predicted octanol–water partition coefficient (Wildman–Crippen LogP) is 7.06. The minimum Gasteiger partial charge on any atom is -0.497 e. The smallest absolute Gasteiger partial charge is 0.255 e. The zero-order chi connectivity index (χ0) is 29.1. The lowest BCUT2D eigenvalue weighted by atomic mass is 10.0. The molecule has 208 valence electrons. The number of anilines is 1. The van der Waals surface area contributed by atoms with Crippen LogP contribution in [-0.2, 0) is 4.43 Å². The number of rotatable bonds is 9. The first-order valence-electron chi connectivity index (χ1n) is 12.7. The van der Waals surface area contributed by atoms with Crippen LogP contribution in [0.1, 0.15) is 54.0 Å². The van der Waals surface area contributed by atoms with Crippen LogP contribution in [0.4, 0.5) is 10.1 Å². The number of amides is 1. The van der Waals surface area contributed by atoms with Crippen LogP contribution in [0, 0.1) is 12.9 Å². The molecule has 7 nitrogen and oxygen atoms in total. The minimum atomic E-state index is -2.22. The summed E-state index contributed by atoms with van der Waals surface area (Å²) in [5.41, 5.74) is 2.55. The maximum atomic E-state index is 15.2. The quantitative estimate of drug-likeness (QED) is 0.174. The van der Waals surface area contributed by atoms with Gasteiger partial charge in [0.2, 0.25) is 5.95 Å². The van der Waals surface area contributed by atoms with Gasteiger partial charge in [0.05, 0.1) is 25.5 Å². The zero-order valence-corrected chi connectivity index (χ0v) is 25.1. The number of nitrogens with zero attached hydrogens (tertiary/aromatic N) is 1. The average molecular weight is 553 g/mol. The van der Waals surface area contributed by atoms with E-state index in [1.807, 2.05) is 26.1 Å². The molecule has 0 aliphatic carbocycles. The summed E-state index contributed by atoms with van der Waals surface area (Å²) in [6, 6.07) is 13.2. The number of methoxy groups -OCH3 is 2. The number of nitrogens with one attached hydrogen (secondary N) is 1. The van der Waals surface area contributed by atoms with Gasteiger partial charge in [-0.15, -0.1) is 0 Å². The Morgan fingerprint density at radius 2 is 1.59 bits per heavy atom. The van der Waals surface area contributed by atoms with E-state index in [9.17, 15) is 9.59 Å². The number of carbonyl (C=O) groups excluding carboxylic acids is 2. The fourth-order valence-electron chi connectivity index (χ4n) is 3.78. The van der Waals surface area contributed by atoms with Crippen molar-refractivity contribution < 1.29 is 27.9 Å². The van der Waals surface area contributed by atoms with Crippen molar-refractivity contribution >= 4 is 25.7 Å². The molecular weight excluding hydrogens is 515 g/mol. The van der Waals surface area contributed by atoms with Crippen LogP contribution in [0.5, 0.6) is 11.5 Å². The van der Waals surface area contributed by atoms with Gasteiger partial charge in [-0.05, 0) is 73.9 Å². The fraction of sp³-hybridized carbons (Fsp3) is 0.367. The number of pyridine rings is 1. The Balaban J connectivity index is 1.85. The molecule has 3 rings (SSSR count). The van der Waals surface area contributed by atoms with Gasteiger partial charge in [0.1, 0.15) is 17.6 Å². The molecule has 0 aliphatic rings. The first kappa shape index (κ1) is 30.0. The van der Waals surface area contributed by atoms with Gasteiger partial charge >= 0.3 is 0 Å². The highest BCUT2D eigenvalue weighted by Gasteiger charge is 2.40. The van der Waals surface area contributed by atoms with Gasteiger partial charge in [-0.1, -0.05) is 26.8 Å². The van der Waals surface area contributed by atoms with Crippen molar-refractivity contribution in [3.63, 3.8) is 0 Å². The molecule has 39 heavy (non-hydrogen) atoms. The van der Waals surface area contributed by atoms with Crippen LogP contribution in [-0.4, -0.2) is 45.3 Å².